The summed E-state index contributed by atoms with van der Waals surface area (Å²) < 4.78 is 5.68. The SMILES string of the molecule is C/C(=C\CCl)CC/C=C(\C)COCc1ccccc1. The fourth-order valence-corrected chi connectivity index (χ4v) is 2.01. The van der Waals surface area contributed by atoms with Crippen LogP contribution in [0.3, 0.4) is 0 Å². The van der Waals surface area contributed by atoms with E-state index >= 15 is 0 Å². The van der Waals surface area contributed by atoms with Crippen molar-refractivity contribution in [3.05, 3.63) is 59.2 Å². The predicted octanol–water partition coefficient (Wildman–Crippen LogP) is 5.11. The molecule has 0 radical (unpaired) electrons. The maximum absolute atomic E-state index is 5.68. The molecule has 1 aromatic carbocycles. The molecular formula is C17H23ClO. The van der Waals surface area contributed by atoms with E-state index in [2.05, 4.69) is 38.1 Å². The Kier molecular flexibility index (Phi) is 8.28. The van der Waals surface area contributed by atoms with Crippen LogP contribution in [0.5, 0.6) is 0 Å². The fourth-order valence-electron chi connectivity index (χ4n) is 1.74. The quantitative estimate of drug-likeness (QED) is 0.474. The van der Waals surface area contributed by atoms with Gasteiger partial charge < -0.3 is 4.74 Å². The Morgan fingerprint density at radius 2 is 1.84 bits per heavy atom. The van der Waals surface area contributed by atoms with Gasteiger partial charge in [0.15, 0.2) is 0 Å². The van der Waals surface area contributed by atoms with E-state index in [9.17, 15) is 0 Å². The van der Waals surface area contributed by atoms with Gasteiger partial charge in [0.05, 0.1) is 13.2 Å². The lowest BCUT2D eigenvalue weighted by atomic mass is 10.1. The van der Waals surface area contributed by atoms with Crippen molar-refractivity contribution in [2.75, 3.05) is 12.5 Å². The molecule has 1 rings (SSSR count). The van der Waals surface area contributed by atoms with Gasteiger partial charge in [-0.15, -0.1) is 11.6 Å². The van der Waals surface area contributed by atoms with Crippen molar-refractivity contribution in [3.8, 4) is 0 Å². The van der Waals surface area contributed by atoms with Crippen molar-refractivity contribution in [2.24, 2.45) is 0 Å². The molecule has 0 amide bonds. The molecule has 0 atom stereocenters. The summed E-state index contributed by atoms with van der Waals surface area (Å²) in [7, 11) is 0. The van der Waals surface area contributed by atoms with E-state index in [0.717, 1.165) is 12.8 Å². The zero-order valence-corrected chi connectivity index (χ0v) is 12.6. The second kappa shape index (κ2) is 9.82. The first-order chi connectivity index (χ1) is 9.22. The molecule has 0 heterocycles. The Labute approximate surface area is 121 Å². The Morgan fingerprint density at radius 3 is 2.53 bits per heavy atom. The van der Waals surface area contributed by atoms with Gasteiger partial charge in [-0.25, -0.2) is 0 Å². The minimum atomic E-state index is 0.606. The van der Waals surface area contributed by atoms with E-state index in [-0.39, 0.29) is 0 Å². The lowest BCUT2D eigenvalue weighted by molar-refractivity contribution is 0.142. The molecule has 0 aliphatic heterocycles. The van der Waals surface area contributed by atoms with Crippen LogP contribution in [0.1, 0.15) is 32.3 Å². The molecule has 0 unspecified atom stereocenters. The van der Waals surface area contributed by atoms with Crippen molar-refractivity contribution < 1.29 is 4.74 Å². The molecular weight excluding hydrogens is 256 g/mol. The Morgan fingerprint density at radius 1 is 1.11 bits per heavy atom. The lowest BCUT2D eigenvalue weighted by Crippen LogP contribution is -1.96. The number of benzene rings is 1. The minimum absolute atomic E-state index is 0.606. The highest BCUT2D eigenvalue weighted by Crippen LogP contribution is 2.08. The summed E-state index contributed by atoms with van der Waals surface area (Å²) in [6, 6.07) is 10.3. The van der Waals surface area contributed by atoms with Crippen molar-refractivity contribution in [2.45, 2.75) is 33.3 Å². The average Bonchev–Trinajstić information content (AvgIpc) is 2.40. The average molecular weight is 279 g/mol. The number of hydrogen-bond acceptors (Lipinski definition) is 1. The van der Waals surface area contributed by atoms with Gasteiger partial charge in [-0.3, -0.25) is 0 Å². The highest BCUT2D eigenvalue weighted by Gasteiger charge is 1.94. The van der Waals surface area contributed by atoms with Crippen LogP contribution in [0.15, 0.2) is 53.6 Å². The van der Waals surface area contributed by atoms with Gasteiger partial charge in [-0.1, -0.05) is 53.6 Å². The first-order valence-corrected chi connectivity index (χ1v) is 7.24. The molecule has 2 heteroatoms. The minimum Gasteiger partial charge on any atom is -0.372 e. The molecule has 0 bridgehead atoms. The highest BCUT2D eigenvalue weighted by atomic mass is 35.5. The monoisotopic (exact) mass is 278 g/mol. The molecule has 1 aromatic rings. The largest absolute Gasteiger partial charge is 0.372 e. The Balaban J connectivity index is 2.20. The van der Waals surface area contributed by atoms with Crippen molar-refractivity contribution in [3.63, 3.8) is 0 Å². The van der Waals surface area contributed by atoms with Crippen LogP contribution in [-0.2, 0) is 11.3 Å². The van der Waals surface area contributed by atoms with Crippen molar-refractivity contribution >= 4 is 11.6 Å². The molecule has 0 fully saturated rings. The number of hydrogen-bond donors (Lipinski definition) is 0. The second-order valence-corrected chi connectivity index (χ2v) is 5.08. The molecule has 0 aliphatic rings. The molecule has 0 saturated carbocycles. The van der Waals surface area contributed by atoms with Gasteiger partial charge >= 0.3 is 0 Å². The van der Waals surface area contributed by atoms with E-state index in [4.69, 9.17) is 16.3 Å². The summed E-state index contributed by atoms with van der Waals surface area (Å²) in [5.41, 5.74) is 3.86. The molecule has 0 spiro atoms. The number of allylic oxidation sites excluding steroid dienone is 3. The molecule has 104 valence electrons. The van der Waals surface area contributed by atoms with Gasteiger partial charge in [-0.05, 0) is 32.3 Å². The molecule has 0 aliphatic carbocycles. The predicted molar refractivity (Wildman–Crippen MR) is 83.6 cm³/mol. The maximum atomic E-state index is 5.68. The molecule has 0 aromatic heterocycles. The number of halogens is 1. The third kappa shape index (κ3) is 7.86. The summed E-state index contributed by atoms with van der Waals surface area (Å²) in [6.45, 7) is 5.62. The van der Waals surface area contributed by atoms with E-state index in [1.807, 2.05) is 18.2 Å². The van der Waals surface area contributed by atoms with Crippen LogP contribution in [0, 0.1) is 0 Å². The van der Waals surface area contributed by atoms with Crippen LogP contribution in [0.2, 0.25) is 0 Å². The van der Waals surface area contributed by atoms with Crippen LogP contribution in [-0.4, -0.2) is 12.5 Å². The highest BCUT2D eigenvalue weighted by molar-refractivity contribution is 6.18. The van der Waals surface area contributed by atoms with Crippen LogP contribution >= 0.6 is 11.6 Å². The topological polar surface area (TPSA) is 9.23 Å². The lowest BCUT2D eigenvalue weighted by Gasteiger charge is -2.05. The summed E-state index contributed by atoms with van der Waals surface area (Å²) >= 11 is 5.65. The van der Waals surface area contributed by atoms with E-state index in [1.54, 1.807) is 0 Å². The number of rotatable bonds is 8. The normalized spacial score (nSPS) is 12.8. The summed E-state index contributed by atoms with van der Waals surface area (Å²) in [5, 5.41) is 0. The maximum Gasteiger partial charge on any atom is 0.0721 e. The van der Waals surface area contributed by atoms with Gasteiger partial charge in [0, 0.05) is 5.88 Å². The first-order valence-electron chi connectivity index (χ1n) is 6.71. The number of ether oxygens (including phenoxy) is 1. The third-order valence-corrected chi connectivity index (χ3v) is 3.05. The molecule has 19 heavy (non-hydrogen) atoms. The molecule has 0 N–H and O–H groups in total. The molecule has 0 saturated heterocycles. The third-order valence-electron chi connectivity index (χ3n) is 2.90. The zero-order chi connectivity index (χ0) is 13.9. The summed E-state index contributed by atoms with van der Waals surface area (Å²) in [6.07, 6.45) is 6.44. The first kappa shape index (κ1) is 16.0. The van der Waals surface area contributed by atoms with Crippen LogP contribution in [0.25, 0.3) is 0 Å². The zero-order valence-electron chi connectivity index (χ0n) is 11.9. The molecule has 1 nitrogen and oxygen atoms in total. The van der Waals surface area contributed by atoms with Gasteiger partial charge in [0.1, 0.15) is 0 Å². The Hall–Kier alpha value is -1.05. The fraction of sp³-hybridized carbons (Fsp3) is 0.412. The Bertz CT molecular complexity index is 407. The van der Waals surface area contributed by atoms with Crippen molar-refractivity contribution in [1.82, 2.24) is 0 Å². The van der Waals surface area contributed by atoms with Gasteiger partial charge in [0.2, 0.25) is 0 Å². The van der Waals surface area contributed by atoms with Gasteiger partial charge in [-0.2, -0.15) is 0 Å². The van der Waals surface area contributed by atoms with Gasteiger partial charge in [0.25, 0.3) is 0 Å². The van der Waals surface area contributed by atoms with Crippen LogP contribution < -0.4 is 0 Å². The van der Waals surface area contributed by atoms with E-state index < -0.39 is 0 Å². The van der Waals surface area contributed by atoms with Crippen LogP contribution in [0.4, 0.5) is 0 Å². The standard InChI is InChI=1S/C17H23ClO/c1-15(11-12-18)7-6-8-16(2)13-19-14-17-9-4-3-5-10-17/h3-5,8-11H,6-7,12-14H2,1-2H3/b15-11+,16-8+. The van der Waals surface area contributed by atoms with Crippen molar-refractivity contribution in [1.29, 1.82) is 0 Å². The number of alkyl halides is 1. The summed E-state index contributed by atoms with van der Waals surface area (Å²) in [5.74, 6) is 0.606. The summed E-state index contributed by atoms with van der Waals surface area (Å²) in [4.78, 5) is 0. The second-order valence-electron chi connectivity index (χ2n) is 4.77. The van der Waals surface area contributed by atoms with E-state index in [0.29, 0.717) is 19.1 Å². The van der Waals surface area contributed by atoms with E-state index in [1.165, 1.54) is 16.7 Å². The smallest absolute Gasteiger partial charge is 0.0721 e.